The zero-order chi connectivity index (χ0) is 32.3. The highest BCUT2D eigenvalue weighted by Crippen LogP contribution is 2.40. The molecule has 0 aliphatic heterocycles. The van der Waals surface area contributed by atoms with Gasteiger partial charge in [0.15, 0.2) is 0 Å². The third-order valence-corrected chi connectivity index (χ3v) is 9.67. The van der Waals surface area contributed by atoms with Crippen LogP contribution in [0.3, 0.4) is 0 Å². The first-order valence-corrected chi connectivity index (χ1v) is 16.5. The van der Waals surface area contributed by atoms with Crippen LogP contribution in [0, 0.1) is 12.1 Å². The van der Waals surface area contributed by atoms with Crippen LogP contribution in [-0.4, -0.2) is 14.5 Å². The van der Waals surface area contributed by atoms with Crippen LogP contribution in [0.5, 0.6) is 0 Å². The number of pyridine rings is 1. The first-order chi connectivity index (χ1) is 24.3. The second kappa shape index (κ2) is 10.9. The predicted octanol–water partition coefficient (Wildman–Crippen LogP) is 11.6. The normalized spacial score (nSPS) is 11.5. The van der Waals surface area contributed by atoms with Gasteiger partial charge in [-0.3, -0.25) is 4.57 Å². The van der Waals surface area contributed by atoms with Gasteiger partial charge in [0, 0.05) is 38.7 Å². The Morgan fingerprint density at radius 2 is 1.00 bits per heavy atom. The van der Waals surface area contributed by atoms with Crippen LogP contribution in [0.15, 0.2) is 164 Å². The van der Waals surface area contributed by atoms with Crippen LogP contribution in [0.1, 0.15) is 0 Å². The average Bonchev–Trinajstić information content (AvgIpc) is 3.57. The topological polar surface area (TPSA) is 30.7 Å². The summed E-state index contributed by atoms with van der Waals surface area (Å²) in [6.07, 6.45) is 0. The molecule has 0 fully saturated rings. The summed E-state index contributed by atoms with van der Waals surface area (Å²) in [5, 5.41) is 7.06. The van der Waals surface area contributed by atoms with Crippen LogP contribution in [0.2, 0.25) is 0 Å². The first kappa shape index (κ1) is 27.4. The molecule has 10 aromatic rings. The van der Waals surface area contributed by atoms with Crippen molar-refractivity contribution in [1.82, 2.24) is 14.5 Å². The van der Waals surface area contributed by atoms with Crippen molar-refractivity contribution in [3.63, 3.8) is 0 Å². The summed E-state index contributed by atoms with van der Waals surface area (Å²) in [6.45, 7) is 0. The summed E-state index contributed by atoms with van der Waals surface area (Å²) in [4.78, 5) is 10.4. The summed E-state index contributed by atoms with van der Waals surface area (Å²) in [5.74, 6) is 0.902. The molecular weight excluding hydrogens is 595 g/mol. The molecule has 226 valence electrons. The van der Waals surface area contributed by atoms with Gasteiger partial charge in [-0.15, -0.1) is 0 Å². The minimum absolute atomic E-state index is 0.902. The molecule has 0 saturated carbocycles. The Labute approximate surface area is 283 Å². The van der Waals surface area contributed by atoms with Crippen molar-refractivity contribution in [2.75, 3.05) is 0 Å². The zero-order valence-corrected chi connectivity index (χ0v) is 26.4. The highest BCUT2D eigenvalue weighted by molar-refractivity contribution is 6.21. The van der Waals surface area contributed by atoms with Gasteiger partial charge in [0.25, 0.3) is 0 Å². The second-order valence-electron chi connectivity index (χ2n) is 12.5. The van der Waals surface area contributed by atoms with Crippen molar-refractivity contribution in [1.29, 1.82) is 0 Å². The molecule has 2 aromatic heterocycles. The number of aromatic nitrogens is 3. The van der Waals surface area contributed by atoms with E-state index in [4.69, 9.17) is 9.97 Å². The number of hydrogen-bond acceptors (Lipinski definition) is 2. The Bertz CT molecular complexity index is 2760. The van der Waals surface area contributed by atoms with E-state index in [-0.39, 0.29) is 0 Å². The van der Waals surface area contributed by atoms with Crippen LogP contribution in [0.25, 0.3) is 93.7 Å². The Morgan fingerprint density at radius 1 is 0.429 bits per heavy atom. The third kappa shape index (κ3) is 4.39. The van der Waals surface area contributed by atoms with Gasteiger partial charge >= 0.3 is 0 Å². The maximum absolute atomic E-state index is 5.35. The Kier molecular flexibility index (Phi) is 6.09. The molecule has 49 heavy (non-hydrogen) atoms. The molecule has 3 nitrogen and oxygen atoms in total. The average molecular weight is 622 g/mol. The molecule has 10 rings (SSSR count). The van der Waals surface area contributed by atoms with E-state index in [1.807, 2.05) is 24.3 Å². The summed E-state index contributed by atoms with van der Waals surface area (Å²) in [7, 11) is 0. The van der Waals surface area contributed by atoms with Gasteiger partial charge in [0.1, 0.15) is 5.82 Å². The first-order valence-electron chi connectivity index (χ1n) is 16.5. The summed E-state index contributed by atoms with van der Waals surface area (Å²) >= 11 is 0. The maximum Gasteiger partial charge on any atom is 0.145 e. The largest absolute Gasteiger partial charge is 0.292 e. The van der Waals surface area contributed by atoms with Crippen molar-refractivity contribution >= 4 is 54.4 Å². The van der Waals surface area contributed by atoms with Crippen LogP contribution >= 0.6 is 0 Å². The lowest BCUT2D eigenvalue weighted by atomic mass is 9.91. The zero-order valence-electron chi connectivity index (χ0n) is 26.4. The smallest absolute Gasteiger partial charge is 0.145 e. The maximum atomic E-state index is 5.35. The number of hydrogen-bond donors (Lipinski definition) is 0. The summed E-state index contributed by atoms with van der Waals surface area (Å²) in [6, 6.07) is 63.9. The molecule has 3 heteroatoms. The van der Waals surface area contributed by atoms with E-state index < -0.39 is 0 Å². The lowest BCUT2D eigenvalue weighted by Gasteiger charge is -2.15. The number of nitrogens with zero attached hydrogens (tertiary/aromatic N) is 3. The lowest BCUT2D eigenvalue weighted by molar-refractivity contribution is 1.10. The highest BCUT2D eigenvalue weighted by atomic mass is 15.1. The SMILES string of the molecule is c1ccc(-n2c(-c3ccc(-c4ccc(-c5c6ccc7ccccc7c6nc6c5ccc5ccccc56)cc4)cc3)nc3ccccc32)cc#1. The van der Waals surface area contributed by atoms with Gasteiger partial charge in [-0.1, -0.05) is 146 Å². The Morgan fingerprint density at radius 3 is 1.63 bits per heavy atom. The highest BCUT2D eigenvalue weighted by Gasteiger charge is 2.17. The minimum atomic E-state index is 0.902. The van der Waals surface area contributed by atoms with Crippen LogP contribution < -0.4 is 0 Å². The van der Waals surface area contributed by atoms with E-state index in [1.165, 1.54) is 32.7 Å². The van der Waals surface area contributed by atoms with Crippen molar-refractivity contribution in [3.05, 3.63) is 176 Å². The van der Waals surface area contributed by atoms with Gasteiger partial charge in [-0.25, -0.2) is 9.97 Å². The summed E-state index contributed by atoms with van der Waals surface area (Å²) < 4.78 is 2.19. The molecule has 0 spiro atoms. The van der Waals surface area contributed by atoms with Crippen molar-refractivity contribution < 1.29 is 0 Å². The van der Waals surface area contributed by atoms with Gasteiger partial charge < -0.3 is 0 Å². The molecule has 0 atom stereocenters. The molecule has 0 radical (unpaired) electrons. The molecule has 0 aliphatic rings. The van der Waals surface area contributed by atoms with E-state index in [0.717, 1.165) is 61.0 Å². The van der Waals surface area contributed by atoms with E-state index in [0.29, 0.717) is 0 Å². The molecule has 0 aliphatic carbocycles. The Hall–Kier alpha value is -6.76. The van der Waals surface area contributed by atoms with Crippen molar-refractivity contribution in [2.45, 2.75) is 0 Å². The van der Waals surface area contributed by atoms with Gasteiger partial charge in [-0.2, -0.15) is 0 Å². The molecule has 2 heterocycles. The summed E-state index contributed by atoms with van der Waals surface area (Å²) in [5.41, 5.74) is 10.9. The fourth-order valence-electron chi connectivity index (χ4n) is 7.32. The minimum Gasteiger partial charge on any atom is -0.292 e. The van der Waals surface area contributed by atoms with Crippen molar-refractivity contribution in [2.24, 2.45) is 0 Å². The van der Waals surface area contributed by atoms with Crippen LogP contribution in [-0.2, 0) is 0 Å². The molecule has 0 bridgehead atoms. The number of rotatable bonds is 4. The van der Waals surface area contributed by atoms with E-state index >= 15 is 0 Å². The van der Waals surface area contributed by atoms with Gasteiger partial charge in [0.2, 0.25) is 0 Å². The quantitative estimate of drug-likeness (QED) is 0.145. The van der Waals surface area contributed by atoms with E-state index in [9.17, 15) is 0 Å². The lowest BCUT2D eigenvalue weighted by Crippen LogP contribution is -1.97. The van der Waals surface area contributed by atoms with E-state index in [2.05, 4.69) is 156 Å². The monoisotopic (exact) mass is 621 g/mol. The predicted molar refractivity (Wildman–Crippen MR) is 203 cm³/mol. The van der Waals surface area contributed by atoms with Gasteiger partial charge in [0.05, 0.1) is 27.8 Å². The number of fused-ring (bicyclic) bond motifs is 7. The molecule has 8 aromatic carbocycles. The fraction of sp³-hybridized carbons (Fsp3) is 0. The van der Waals surface area contributed by atoms with Gasteiger partial charge in [-0.05, 0) is 51.7 Å². The molecule has 0 unspecified atom stereocenters. The second-order valence-corrected chi connectivity index (χ2v) is 12.5. The van der Waals surface area contributed by atoms with Crippen molar-refractivity contribution in [3.8, 4) is 39.3 Å². The molecule has 0 amide bonds. The number of imidazole rings is 1. The number of benzene rings is 7. The number of para-hydroxylation sites is 2. The van der Waals surface area contributed by atoms with E-state index in [1.54, 1.807) is 0 Å². The fourth-order valence-corrected chi connectivity index (χ4v) is 7.32. The standard InChI is InChI=1S/C46H27N3/c1-2-12-36(13-3-1)49-42-17-9-8-16-41(42)47-46(49)35-24-20-31(21-25-35)30-18-22-34(23-19-30)43-39-28-26-32-10-4-6-14-37(32)44(39)48-45-38-15-7-5-11-33(38)27-29-40(43)45/h2,4-29H. The third-order valence-electron chi connectivity index (χ3n) is 9.67. The Balaban J connectivity index is 1.09. The molecule has 0 N–H and O–H groups in total. The van der Waals surface area contributed by atoms with Crippen LogP contribution in [0.4, 0.5) is 0 Å². The molecule has 0 saturated heterocycles. The molecular formula is C46H27N3.